The van der Waals surface area contributed by atoms with Crippen molar-refractivity contribution in [2.75, 3.05) is 0 Å². The Morgan fingerprint density at radius 3 is 2.47 bits per heavy atom. The number of carbonyl (C=O) groups is 2. The Balaban J connectivity index is 0.000000282. The van der Waals surface area contributed by atoms with Crippen LogP contribution in [0.2, 0.25) is 0 Å². The minimum Gasteiger partial charge on any atom is -0.481 e. The van der Waals surface area contributed by atoms with E-state index in [1.807, 2.05) is 0 Å². The summed E-state index contributed by atoms with van der Waals surface area (Å²) in [5, 5.41) is 8.55. The van der Waals surface area contributed by atoms with Crippen LogP contribution in [0.15, 0.2) is 11.6 Å². The summed E-state index contributed by atoms with van der Waals surface area (Å²) in [5.41, 5.74) is 2.76. The van der Waals surface area contributed by atoms with Gasteiger partial charge in [-0.1, -0.05) is 78.9 Å². The van der Waals surface area contributed by atoms with E-state index in [9.17, 15) is 9.59 Å². The molecule has 1 N–H and O–H groups in total. The number of rotatable bonds is 9. The summed E-state index contributed by atoms with van der Waals surface area (Å²) in [6, 6.07) is 0. The summed E-state index contributed by atoms with van der Waals surface area (Å²) < 4.78 is 0. The molecule has 0 aliphatic heterocycles. The monoisotopic (exact) mass is 446 g/mol. The lowest BCUT2D eigenvalue weighted by atomic mass is 9.50. The van der Waals surface area contributed by atoms with Crippen LogP contribution in [0.5, 0.6) is 0 Å². The molecule has 0 spiro atoms. The Morgan fingerprint density at radius 2 is 1.88 bits per heavy atom. The molecule has 0 aromatic heterocycles. The first-order valence-corrected chi connectivity index (χ1v) is 13.4. The third kappa shape index (κ3) is 6.26. The highest BCUT2D eigenvalue weighted by molar-refractivity contribution is 5.69. The number of allylic oxidation sites excluding steroid dienone is 2. The normalized spacial score (nSPS) is 34.6. The van der Waals surface area contributed by atoms with Gasteiger partial charge in [-0.15, -0.1) is 0 Å². The van der Waals surface area contributed by atoms with Gasteiger partial charge in [0.25, 0.3) is 0 Å². The van der Waals surface area contributed by atoms with Gasteiger partial charge in [-0.2, -0.15) is 0 Å². The van der Waals surface area contributed by atoms with Gasteiger partial charge in [-0.3, -0.25) is 4.79 Å². The average molecular weight is 447 g/mol. The molecule has 6 atom stereocenters. The zero-order valence-corrected chi connectivity index (χ0v) is 21.8. The fourth-order valence-corrected chi connectivity index (χ4v) is 7.17. The van der Waals surface area contributed by atoms with Gasteiger partial charge >= 0.3 is 5.97 Å². The van der Waals surface area contributed by atoms with Crippen molar-refractivity contribution in [2.24, 2.45) is 40.4 Å². The first-order valence-electron chi connectivity index (χ1n) is 13.4. The Morgan fingerprint density at radius 1 is 1.16 bits per heavy atom. The summed E-state index contributed by atoms with van der Waals surface area (Å²) in [6.07, 6.45) is 18.2. The van der Waals surface area contributed by atoms with Gasteiger partial charge in [0.15, 0.2) is 0 Å². The minimum atomic E-state index is -0.672. The summed E-state index contributed by atoms with van der Waals surface area (Å²) in [4.78, 5) is 21.5. The van der Waals surface area contributed by atoms with Crippen LogP contribution in [0.1, 0.15) is 119 Å². The first kappa shape index (κ1) is 27.1. The van der Waals surface area contributed by atoms with Crippen LogP contribution in [0.4, 0.5) is 0 Å². The standard InChI is InChI=1S/C20H32O.C9H18O2/c1-4-11-20(3)15(10-14-21)7-8-16-17-6-5-12-19(17,2)13-9-18(16)20;1-7(2)5-4-6-8(3)9(10)11/h8,14-15,17-18H,4-7,9-13H2,1-3H3;7-8H,4-6H2,1-3H3,(H,10,11). The third-order valence-electron chi connectivity index (χ3n) is 9.27. The van der Waals surface area contributed by atoms with Crippen molar-refractivity contribution in [3.63, 3.8) is 0 Å². The molecule has 3 nitrogen and oxygen atoms in total. The number of hydrogen-bond donors (Lipinski definition) is 1. The molecule has 0 aromatic rings. The molecular weight excluding hydrogens is 396 g/mol. The van der Waals surface area contributed by atoms with Crippen molar-refractivity contribution in [3.8, 4) is 0 Å². The molecule has 0 bridgehead atoms. The van der Waals surface area contributed by atoms with E-state index in [4.69, 9.17) is 5.11 Å². The molecule has 32 heavy (non-hydrogen) atoms. The predicted molar refractivity (Wildman–Crippen MR) is 134 cm³/mol. The molecule has 3 aliphatic rings. The van der Waals surface area contributed by atoms with E-state index in [-0.39, 0.29) is 5.92 Å². The minimum absolute atomic E-state index is 0.172. The molecule has 184 valence electrons. The number of fused-ring (bicyclic) bond motifs is 3. The highest BCUT2D eigenvalue weighted by Crippen LogP contribution is 2.63. The van der Waals surface area contributed by atoms with E-state index in [0.29, 0.717) is 22.7 Å². The molecule has 0 radical (unpaired) electrons. The molecule has 0 saturated heterocycles. The number of carbonyl (C=O) groups excluding carboxylic acids is 1. The summed E-state index contributed by atoms with van der Waals surface area (Å²) in [7, 11) is 0. The average Bonchev–Trinajstić information content (AvgIpc) is 3.12. The lowest BCUT2D eigenvalue weighted by molar-refractivity contribution is -0.141. The molecule has 3 heteroatoms. The van der Waals surface area contributed by atoms with E-state index >= 15 is 0 Å². The predicted octanol–water partition coefficient (Wildman–Crippen LogP) is 8.08. The fraction of sp³-hybridized carbons (Fsp3) is 0.862. The molecule has 0 amide bonds. The van der Waals surface area contributed by atoms with Gasteiger partial charge in [0.1, 0.15) is 6.29 Å². The van der Waals surface area contributed by atoms with Crippen LogP contribution in [0.3, 0.4) is 0 Å². The zero-order valence-electron chi connectivity index (χ0n) is 21.8. The largest absolute Gasteiger partial charge is 0.481 e. The second kappa shape index (κ2) is 11.8. The van der Waals surface area contributed by atoms with Crippen molar-refractivity contribution in [1.29, 1.82) is 0 Å². The van der Waals surface area contributed by atoms with E-state index in [2.05, 4.69) is 40.7 Å². The molecule has 0 aromatic carbocycles. The van der Waals surface area contributed by atoms with Gasteiger partial charge < -0.3 is 9.90 Å². The molecule has 6 unspecified atom stereocenters. The molecule has 3 aliphatic carbocycles. The van der Waals surface area contributed by atoms with Gasteiger partial charge in [0.2, 0.25) is 0 Å². The van der Waals surface area contributed by atoms with Crippen molar-refractivity contribution in [3.05, 3.63) is 11.6 Å². The zero-order chi connectivity index (χ0) is 23.9. The number of hydrogen-bond acceptors (Lipinski definition) is 2. The van der Waals surface area contributed by atoms with Gasteiger partial charge in [0, 0.05) is 6.42 Å². The molecule has 0 heterocycles. The Kier molecular flexibility index (Phi) is 10.0. The molecule has 2 fully saturated rings. The highest BCUT2D eigenvalue weighted by Gasteiger charge is 2.53. The Labute approximate surface area is 197 Å². The maximum absolute atomic E-state index is 11.1. The van der Waals surface area contributed by atoms with Gasteiger partial charge in [-0.25, -0.2) is 0 Å². The quantitative estimate of drug-likeness (QED) is 0.288. The van der Waals surface area contributed by atoms with Crippen LogP contribution < -0.4 is 0 Å². The lowest BCUT2D eigenvalue weighted by Gasteiger charge is -2.54. The van der Waals surface area contributed by atoms with Crippen LogP contribution in [-0.2, 0) is 9.59 Å². The van der Waals surface area contributed by atoms with Gasteiger partial charge in [-0.05, 0) is 79.4 Å². The van der Waals surface area contributed by atoms with Crippen molar-refractivity contribution in [1.82, 2.24) is 0 Å². The Bertz CT molecular complexity index is 651. The van der Waals surface area contributed by atoms with Gasteiger partial charge in [0.05, 0.1) is 5.92 Å². The first-order chi connectivity index (χ1) is 15.1. The Hall–Kier alpha value is -1.12. The van der Waals surface area contributed by atoms with Crippen molar-refractivity contribution in [2.45, 2.75) is 119 Å². The maximum atomic E-state index is 11.1. The van der Waals surface area contributed by atoms with E-state index in [0.717, 1.165) is 43.9 Å². The number of carboxylic acid groups (broad SMARTS) is 1. The molecule has 3 rings (SSSR count). The molecule has 2 saturated carbocycles. The number of aliphatic carboxylic acids is 1. The van der Waals surface area contributed by atoms with Crippen LogP contribution in [-0.4, -0.2) is 17.4 Å². The van der Waals surface area contributed by atoms with Crippen LogP contribution in [0.25, 0.3) is 0 Å². The van der Waals surface area contributed by atoms with Crippen LogP contribution in [0, 0.1) is 40.4 Å². The number of carboxylic acids is 1. The highest BCUT2D eigenvalue weighted by atomic mass is 16.4. The summed E-state index contributed by atoms with van der Waals surface area (Å²) in [6.45, 7) is 13.4. The summed E-state index contributed by atoms with van der Waals surface area (Å²) in [5.74, 6) is 2.03. The SMILES string of the molecule is CC(C)CCCC(C)C(=O)O.CCCC1(C)C(CC=O)CC=C2C3CCCC3(C)CCC21. The second-order valence-electron chi connectivity index (χ2n) is 12.0. The van der Waals surface area contributed by atoms with E-state index in [1.165, 1.54) is 51.2 Å². The topological polar surface area (TPSA) is 54.4 Å². The van der Waals surface area contributed by atoms with E-state index < -0.39 is 5.97 Å². The smallest absolute Gasteiger partial charge is 0.306 e. The van der Waals surface area contributed by atoms with E-state index in [1.54, 1.807) is 12.5 Å². The fourth-order valence-electron chi connectivity index (χ4n) is 7.17. The van der Waals surface area contributed by atoms with Crippen molar-refractivity contribution < 1.29 is 14.7 Å². The summed E-state index contributed by atoms with van der Waals surface area (Å²) >= 11 is 0. The second-order valence-corrected chi connectivity index (χ2v) is 12.0. The number of aldehydes is 1. The van der Waals surface area contributed by atoms with Crippen molar-refractivity contribution >= 4 is 12.3 Å². The third-order valence-corrected chi connectivity index (χ3v) is 9.27. The van der Waals surface area contributed by atoms with Crippen LogP contribution >= 0.6 is 0 Å². The molecular formula is C29H50O3. The maximum Gasteiger partial charge on any atom is 0.306 e. The lowest BCUT2D eigenvalue weighted by Crippen LogP contribution is -2.45.